The SMILES string of the molecule is COc1cccc(-c2ccc3nc(NC(=O)C4CCC4)cn3n2)c1. The van der Waals surface area contributed by atoms with Crippen LogP contribution in [-0.2, 0) is 4.79 Å². The second-order valence-electron chi connectivity index (χ2n) is 6.00. The highest BCUT2D eigenvalue weighted by molar-refractivity contribution is 5.92. The van der Waals surface area contributed by atoms with Crippen LogP contribution >= 0.6 is 0 Å². The summed E-state index contributed by atoms with van der Waals surface area (Å²) in [6.45, 7) is 0. The van der Waals surface area contributed by atoms with Gasteiger partial charge in [0.1, 0.15) is 5.75 Å². The van der Waals surface area contributed by atoms with E-state index in [-0.39, 0.29) is 11.8 Å². The highest BCUT2D eigenvalue weighted by Crippen LogP contribution is 2.27. The Kier molecular flexibility index (Phi) is 3.65. The smallest absolute Gasteiger partial charge is 0.228 e. The number of carbonyl (C=O) groups excluding carboxylic acids is 1. The summed E-state index contributed by atoms with van der Waals surface area (Å²) in [7, 11) is 1.64. The van der Waals surface area contributed by atoms with Crippen LogP contribution in [0.3, 0.4) is 0 Å². The maximum Gasteiger partial charge on any atom is 0.228 e. The van der Waals surface area contributed by atoms with Crippen molar-refractivity contribution in [2.24, 2.45) is 5.92 Å². The normalized spacial score (nSPS) is 14.4. The van der Waals surface area contributed by atoms with Crippen LogP contribution in [0.5, 0.6) is 5.75 Å². The third-order valence-corrected chi connectivity index (χ3v) is 4.41. The average Bonchev–Trinajstić information content (AvgIpc) is 2.94. The van der Waals surface area contributed by atoms with E-state index in [0.29, 0.717) is 11.5 Å². The summed E-state index contributed by atoms with van der Waals surface area (Å²) in [5.74, 6) is 1.52. The third-order valence-electron chi connectivity index (χ3n) is 4.41. The molecule has 2 aromatic heterocycles. The van der Waals surface area contributed by atoms with Gasteiger partial charge in [-0.25, -0.2) is 9.50 Å². The van der Waals surface area contributed by atoms with Crippen LogP contribution in [0.25, 0.3) is 16.9 Å². The molecule has 1 N–H and O–H groups in total. The van der Waals surface area contributed by atoms with E-state index < -0.39 is 0 Å². The van der Waals surface area contributed by atoms with Gasteiger partial charge in [-0.2, -0.15) is 5.10 Å². The van der Waals surface area contributed by atoms with Crippen LogP contribution in [0.15, 0.2) is 42.6 Å². The highest BCUT2D eigenvalue weighted by atomic mass is 16.5. The molecule has 0 saturated heterocycles. The number of nitrogens with zero attached hydrogens (tertiary/aromatic N) is 3. The standard InChI is InChI=1S/C18H18N4O2/c1-24-14-7-3-6-13(10-14)15-8-9-17-19-16(11-22(17)21-15)20-18(23)12-4-2-5-12/h3,6-12H,2,4-5H2,1H3,(H,20,23). The van der Waals surface area contributed by atoms with Gasteiger partial charge in [-0.05, 0) is 37.1 Å². The number of carbonyl (C=O) groups is 1. The predicted octanol–water partition coefficient (Wildman–Crippen LogP) is 3.14. The lowest BCUT2D eigenvalue weighted by Gasteiger charge is -2.23. The molecule has 1 fully saturated rings. The molecule has 6 nitrogen and oxygen atoms in total. The van der Waals surface area contributed by atoms with Crippen molar-refractivity contribution in [3.63, 3.8) is 0 Å². The number of imidazole rings is 1. The van der Waals surface area contributed by atoms with Gasteiger partial charge in [0.05, 0.1) is 19.0 Å². The van der Waals surface area contributed by atoms with E-state index in [9.17, 15) is 4.79 Å². The highest BCUT2D eigenvalue weighted by Gasteiger charge is 2.25. The Labute approximate surface area is 139 Å². The molecule has 0 atom stereocenters. The van der Waals surface area contributed by atoms with Gasteiger partial charge in [-0.15, -0.1) is 0 Å². The second kappa shape index (κ2) is 5.96. The van der Waals surface area contributed by atoms with E-state index in [0.717, 1.165) is 36.3 Å². The van der Waals surface area contributed by atoms with Crippen LogP contribution in [0.1, 0.15) is 19.3 Å². The van der Waals surface area contributed by atoms with Crippen molar-refractivity contribution in [2.45, 2.75) is 19.3 Å². The van der Waals surface area contributed by atoms with Gasteiger partial charge < -0.3 is 10.1 Å². The Bertz CT molecular complexity index is 899. The van der Waals surface area contributed by atoms with Crippen molar-refractivity contribution < 1.29 is 9.53 Å². The molecule has 0 unspecified atom stereocenters. The minimum Gasteiger partial charge on any atom is -0.497 e. The van der Waals surface area contributed by atoms with Crippen molar-refractivity contribution in [2.75, 3.05) is 12.4 Å². The number of hydrogen-bond donors (Lipinski definition) is 1. The van der Waals surface area contributed by atoms with Crippen molar-refractivity contribution in [3.8, 4) is 17.0 Å². The molecule has 122 valence electrons. The zero-order chi connectivity index (χ0) is 16.5. The summed E-state index contributed by atoms with van der Waals surface area (Å²) in [4.78, 5) is 16.4. The second-order valence-corrected chi connectivity index (χ2v) is 6.00. The molecule has 1 aromatic carbocycles. The lowest BCUT2D eigenvalue weighted by atomic mass is 9.85. The number of anilines is 1. The minimum absolute atomic E-state index is 0.0534. The Morgan fingerprint density at radius 1 is 1.29 bits per heavy atom. The predicted molar refractivity (Wildman–Crippen MR) is 90.9 cm³/mol. The summed E-state index contributed by atoms with van der Waals surface area (Å²) in [6.07, 6.45) is 4.82. The molecular weight excluding hydrogens is 304 g/mol. The maximum atomic E-state index is 12.0. The number of methoxy groups -OCH3 is 1. The molecule has 1 aliphatic carbocycles. The number of hydrogen-bond acceptors (Lipinski definition) is 4. The van der Waals surface area contributed by atoms with Crippen LogP contribution in [0.2, 0.25) is 0 Å². The van der Waals surface area contributed by atoms with Gasteiger partial charge in [0.15, 0.2) is 11.5 Å². The van der Waals surface area contributed by atoms with Crippen molar-refractivity contribution in [3.05, 3.63) is 42.6 Å². The Morgan fingerprint density at radius 2 is 2.17 bits per heavy atom. The summed E-state index contributed by atoms with van der Waals surface area (Å²) < 4.78 is 6.94. The van der Waals surface area contributed by atoms with Gasteiger partial charge in [-0.1, -0.05) is 18.6 Å². The van der Waals surface area contributed by atoms with E-state index in [1.54, 1.807) is 17.8 Å². The average molecular weight is 322 g/mol. The minimum atomic E-state index is 0.0534. The van der Waals surface area contributed by atoms with Crippen molar-refractivity contribution in [1.82, 2.24) is 14.6 Å². The van der Waals surface area contributed by atoms with Gasteiger partial charge in [-0.3, -0.25) is 4.79 Å². The first-order valence-corrected chi connectivity index (χ1v) is 8.05. The van der Waals surface area contributed by atoms with Crippen LogP contribution < -0.4 is 10.1 Å². The van der Waals surface area contributed by atoms with Crippen LogP contribution in [0, 0.1) is 5.92 Å². The fraction of sp³-hybridized carbons (Fsp3) is 0.278. The molecule has 1 aliphatic rings. The lowest BCUT2D eigenvalue weighted by molar-refractivity contribution is -0.122. The van der Waals surface area contributed by atoms with E-state index in [1.165, 1.54) is 0 Å². The number of rotatable bonds is 4. The Morgan fingerprint density at radius 3 is 2.92 bits per heavy atom. The number of fused-ring (bicyclic) bond motifs is 1. The number of benzene rings is 1. The molecule has 6 heteroatoms. The summed E-state index contributed by atoms with van der Waals surface area (Å²) in [5, 5.41) is 7.46. The van der Waals surface area contributed by atoms with Gasteiger partial charge in [0.2, 0.25) is 5.91 Å². The van der Waals surface area contributed by atoms with Gasteiger partial charge >= 0.3 is 0 Å². The maximum absolute atomic E-state index is 12.0. The van der Waals surface area contributed by atoms with Crippen LogP contribution in [0.4, 0.5) is 5.82 Å². The first-order valence-electron chi connectivity index (χ1n) is 8.05. The number of ether oxygens (including phenoxy) is 1. The van der Waals surface area contributed by atoms with E-state index in [2.05, 4.69) is 15.4 Å². The third kappa shape index (κ3) is 2.71. The largest absolute Gasteiger partial charge is 0.497 e. The molecule has 2 heterocycles. The number of aromatic nitrogens is 3. The van der Waals surface area contributed by atoms with Crippen LogP contribution in [-0.4, -0.2) is 27.6 Å². The molecule has 24 heavy (non-hydrogen) atoms. The summed E-state index contributed by atoms with van der Waals surface area (Å²) in [6, 6.07) is 11.5. The van der Waals surface area contributed by atoms with Crippen molar-refractivity contribution in [1.29, 1.82) is 0 Å². The summed E-state index contributed by atoms with van der Waals surface area (Å²) in [5.41, 5.74) is 2.48. The Balaban J connectivity index is 1.61. The topological polar surface area (TPSA) is 68.5 Å². The lowest BCUT2D eigenvalue weighted by Crippen LogP contribution is -2.28. The van der Waals surface area contributed by atoms with E-state index in [4.69, 9.17) is 4.74 Å². The Hall–Kier alpha value is -2.89. The quantitative estimate of drug-likeness (QED) is 0.801. The molecule has 0 spiro atoms. The molecule has 1 amide bonds. The number of amides is 1. The van der Waals surface area contributed by atoms with Crippen molar-refractivity contribution >= 4 is 17.4 Å². The molecule has 0 bridgehead atoms. The molecule has 0 radical (unpaired) electrons. The van der Waals surface area contributed by atoms with E-state index >= 15 is 0 Å². The van der Waals surface area contributed by atoms with Gasteiger partial charge in [0, 0.05) is 11.5 Å². The fourth-order valence-corrected chi connectivity index (χ4v) is 2.78. The zero-order valence-electron chi connectivity index (χ0n) is 13.4. The zero-order valence-corrected chi connectivity index (χ0v) is 13.4. The summed E-state index contributed by atoms with van der Waals surface area (Å²) >= 11 is 0. The fourth-order valence-electron chi connectivity index (χ4n) is 2.78. The number of nitrogens with one attached hydrogen (secondary N) is 1. The molecule has 4 rings (SSSR count). The molecule has 0 aliphatic heterocycles. The molecule has 1 saturated carbocycles. The molecule has 3 aromatic rings. The molecular formula is C18H18N4O2. The van der Waals surface area contributed by atoms with E-state index in [1.807, 2.05) is 36.4 Å². The monoisotopic (exact) mass is 322 g/mol. The first kappa shape index (κ1) is 14.7. The first-order chi connectivity index (χ1) is 11.7. The van der Waals surface area contributed by atoms with Gasteiger partial charge in [0.25, 0.3) is 0 Å².